The smallest absolute Gasteiger partial charge is 0.129 e. The molecule has 112 valence electrons. The summed E-state index contributed by atoms with van der Waals surface area (Å²) in [5.41, 5.74) is 2.58. The molecule has 0 atom stereocenters. The van der Waals surface area contributed by atoms with Gasteiger partial charge in [0.2, 0.25) is 0 Å². The lowest BCUT2D eigenvalue weighted by molar-refractivity contribution is 0.270. The number of pyridine rings is 1. The van der Waals surface area contributed by atoms with Crippen LogP contribution in [0.4, 0.5) is 5.82 Å². The predicted octanol–water partition coefficient (Wildman–Crippen LogP) is 1.90. The molecule has 0 saturated carbocycles. The van der Waals surface area contributed by atoms with Crippen molar-refractivity contribution in [2.45, 2.75) is 33.2 Å². The summed E-state index contributed by atoms with van der Waals surface area (Å²) in [5.74, 6) is 1.16. The fraction of sp³-hybridized carbons (Fsp3) is 0.688. The van der Waals surface area contributed by atoms with E-state index in [-0.39, 0.29) is 0 Å². The molecule has 20 heavy (non-hydrogen) atoms. The quantitative estimate of drug-likeness (QED) is 0.860. The Morgan fingerprint density at radius 1 is 1.15 bits per heavy atom. The average Bonchev–Trinajstić information content (AvgIpc) is 2.48. The Labute approximate surface area is 123 Å². The molecule has 1 saturated heterocycles. The molecule has 1 aliphatic heterocycles. The third-order valence-electron chi connectivity index (χ3n) is 3.96. The number of hydrogen-bond donors (Lipinski definition) is 1. The van der Waals surface area contributed by atoms with Gasteiger partial charge in [0.1, 0.15) is 5.82 Å². The van der Waals surface area contributed by atoms with Crippen LogP contribution in [-0.2, 0) is 13.0 Å². The molecular weight excluding hydrogens is 248 g/mol. The summed E-state index contributed by atoms with van der Waals surface area (Å²) in [5, 5.41) is 3.25. The highest BCUT2D eigenvalue weighted by atomic mass is 15.3. The van der Waals surface area contributed by atoms with Crippen molar-refractivity contribution in [3.63, 3.8) is 0 Å². The number of nitrogens with zero attached hydrogens (tertiary/aromatic N) is 3. The molecule has 0 spiro atoms. The summed E-state index contributed by atoms with van der Waals surface area (Å²) in [6.45, 7) is 11.0. The Hall–Kier alpha value is -1.13. The number of anilines is 1. The van der Waals surface area contributed by atoms with Crippen LogP contribution >= 0.6 is 0 Å². The number of aryl methyl sites for hydroxylation is 1. The molecule has 1 N–H and O–H groups in total. The van der Waals surface area contributed by atoms with Crippen molar-refractivity contribution in [1.29, 1.82) is 0 Å². The average molecular weight is 276 g/mol. The molecule has 0 amide bonds. The maximum absolute atomic E-state index is 4.86. The van der Waals surface area contributed by atoms with Gasteiger partial charge in [0.05, 0.1) is 0 Å². The molecule has 1 fully saturated rings. The normalized spacial score (nSPS) is 16.6. The standard InChI is InChI=1S/C16H28N4/c1-4-6-15-11-14(13-17-3)12-16(18-15)20-9-7-19(5-2)8-10-20/h11-12,17H,4-10,13H2,1-3H3. The molecule has 2 rings (SSSR count). The molecule has 0 aliphatic carbocycles. The van der Waals surface area contributed by atoms with Gasteiger partial charge in [-0.3, -0.25) is 0 Å². The van der Waals surface area contributed by atoms with E-state index in [0.717, 1.165) is 57.9 Å². The van der Waals surface area contributed by atoms with Gasteiger partial charge in [-0.15, -0.1) is 0 Å². The minimum atomic E-state index is 0.918. The summed E-state index contributed by atoms with van der Waals surface area (Å²) in [7, 11) is 2.00. The largest absolute Gasteiger partial charge is 0.354 e. The lowest BCUT2D eigenvalue weighted by atomic mass is 10.1. The molecule has 0 aromatic carbocycles. The van der Waals surface area contributed by atoms with Crippen molar-refractivity contribution in [2.24, 2.45) is 0 Å². The van der Waals surface area contributed by atoms with Crippen LogP contribution in [0, 0.1) is 0 Å². The fourth-order valence-electron chi connectivity index (χ4n) is 2.78. The number of hydrogen-bond acceptors (Lipinski definition) is 4. The van der Waals surface area contributed by atoms with E-state index in [1.807, 2.05) is 7.05 Å². The van der Waals surface area contributed by atoms with E-state index in [1.54, 1.807) is 0 Å². The van der Waals surface area contributed by atoms with E-state index in [0.29, 0.717) is 0 Å². The molecule has 1 aliphatic rings. The molecule has 0 radical (unpaired) electrons. The van der Waals surface area contributed by atoms with Crippen LogP contribution in [0.5, 0.6) is 0 Å². The summed E-state index contributed by atoms with van der Waals surface area (Å²) in [6.07, 6.45) is 2.22. The molecular formula is C16H28N4. The summed E-state index contributed by atoms with van der Waals surface area (Å²) in [6, 6.07) is 4.49. The van der Waals surface area contributed by atoms with Crippen molar-refractivity contribution in [1.82, 2.24) is 15.2 Å². The Morgan fingerprint density at radius 2 is 1.90 bits per heavy atom. The van der Waals surface area contributed by atoms with Crippen molar-refractivity contribution in [2.75, 3.05) is 44.7 Å². The first kappa shape index (κ1) is 15.3. The minimum Gasteiger partial charge on any atom is -0.354 e. The molecule has 4 heteroatoms. The number of likely N-dealkylation sites (N-methyl/N-ethyl adjacent to an activating group) is 1. The van der Waals surface area contributed by atoms with Crippen molar-refractivity contribution >= 4 is 5.82 Å². The van der Waals surface area contributed by atoms with Crippen molar-refractivity contribution in [3.8, 4) is 0 Å². The van der Waals surface area contributed by atoms with Gasteiger partial charge < -0.3 is 15.1 Å². The van der Waals surface area contributed by atoms with E-state index in [1.165, 1.54) is 11.3 Å². The zero-order valence-electron chi connectivity index (χ0n) is 13.2. The SMILES string of the molecule is CCCc1cc(CNC)cc(N2CCN(CC)CC2)n1. The van der Waals surface area contributed by atoms with Gasteiger partial charge >= 0.3 is 0 Å². The third-order valence-corrected chi connectivity index (χ3v) is 3.96. The zero-order valence-corrected chi connectivity index (χ0v) is 13.2. The topological polar surface area (TPSA) is 31.4 Å². The second-order valence-electron chi connectivity index (χ2n) is 5.53. The van der Waals surface area contributed by atoms with Gasteiger partial charge in [0, 0.05) is 38.4 Å². The third kappa shape index (κ3) is 3.93. The highest BCUT2D eigenvalue weighted by Crippen LogP contribution is 2.18. The molecule has 1 aromatic rings. The van der Waals surface area contributed by atoms with Gasteiger partial charge in [-0.25, -0.2) is 4.98 Å². The monoisotopic (exact) mass is 276 g/mol. The number of nitrogens with one attached hydrogen (secondary N) is 1. The van der Waals surface area contributed by atoms with Crippen LogP contribution in [0.1, 0.15) is 31.5 Å². The van der Waals surface area contributed by atoms with Gasteiger partial charge in [-0.2, -0.15) is 0 Å². The van der Waals surface area contributed by atoms with E-state index in [9.17, 15) is 0 Å². The van der Waals surface area contributed by atoms with Gasteiger partial charge in [0.15, 0.2) is 0 Å². The minimum absolute atomic E-state index is 0.918. The summed E-state index contributed by atoms with van der Waals surface area (Å²) >= 11 is 0. The first-order valence-corrected chi connectivity index (χ1v) is 7.88. The Balaban J connectivity index is 2.13. The second-order valence-corrected chi connectivity index (χ2v) is 5.53. The lowest BCUT2D eigenvalue weighted by Crippen LogP contribution is -2.46. The van der Waals surface area contributed by atoms with Crippen LogP contribution in [0.3, 0.4) is 0 Å². The van der Waals surface area contributed by atoms with E-state index in [4.69, 9.17) is 4.98 Å². The maximum atomic E-state index is 4.86. The zero-order chi connectivity index (χ0) is 14.4. The van der Waals surface area contributed by atoms with Crippen LogP contribution in [0.25, 0.3) is 0 Å². The lowest BCUT2D eigenvalue weighted by Gasteiger charge is -2.35. The fourth-order valence-corrected chi connectivity index (χ4v) is 2.78. The van der Waals surface area contributed by atoms with Crippen molar-refractivity contribution in [3.05, 3.63) is 23.4 Å². The molecule has 1 aromatic heterocycles. The van der Waals surface area contributed by atoms with Crippen molar-refractivity contribution < 1.29 is 0 Å². The Morgan fingerprint density at radius 3 is 2.50 bits per heavy atom. The molecule has 4 nitrogen and oxygen atoms in total. The van der Waals surface area contributed by atoms with E-state index >= 15 is 0 Å². The first-order valence-electron chi connectivity index (χ1n) is 7.88. The molecule has 0 unspecified atom stereocenters. The van der Waals surface area contributed by atoms with Crippen LogP contribution in [0.2, 0.25) is 0 Å². The summed E-state index contributed by atoms with van der Waals surface area (Å²) in [4.78, 5) is 9.80. The Bertz CT molecular complexity index is 387. The van der Waals surface area contributed by atoms with E-state index < -0.39 is 0 Å². The van der Waals surface area contributed by atoms with Crippen LogP contribution in [0.15, 0.2) is 12.1 Å². The van der Waals surface area contributed by atoms with Gasteiger partial charge in [-0.05, 0) is 37.7 Å². The molecule has 2 heterocycles. The highest BCUT2D eigenvalue weighted by Gasteiger charge is 2.17. The van der Waals surface area contributed by atoms with E-state index in [2.05, 4.69) is 41.1 Å². The number of rotatable bonds is 6. The maximum Gasteiger partial charge on any atom is 0.129 e. The number of aromatic nitrogens is 1. The van der Waals surface area contributed by atoms with Crippen LogP contribution < -0.4 is 10.2 Å². The first-order chi connectivity index (χ1) is 9.76. The second kappa shape index (κ2) is 7.60. The summed E-state index contributed by atoms with van der Waals surface area (Å²) < 4.78 is 0. The van der Waals surface area contributed by atoms with Crippen LogP contribution in [-0.4, -0.2) is 49.7 Å². The molecule has 0 bridgehead atoms. The Kier molecular flexibility index (Phi) is 5.80. The number of piperazine rings is 1. The van der Waals surface area contributed by atoms with Gasteiger partial charge in [0.25, 0.3) is 0 Å². The predicted molar refractivity (Wildman–Crippen MR) is 85.3 cm³/mol. The van der Waals surface area contributed by atoms with Gasteiger partial charge in [-0.1, -0.05) is 20.3 Å². The highest BCUT2D eigenvalue weighted by molar-refractivity contribution is 5.43.